The van der Waals surface area contributed by atoms with Crippen LogP contribution in [0.1, 0.15) is 60.8 Å². The third-order valence-electron chi connectivity index (χ3n) is 7.87. The van der Waals surface area contributed by atoms with Gasteiger partial charge in [0, 0.05) is 35.9 Å². The Morgan fingerprint density at radius 3 is 2.30 bits per heavy atom. The Bertz CT molecular complexity index is 1860. The highest BCUT2D eigenvalue weighted by molar-refractivity contribution is 5.90. The summed E-state index contributed by atoms with van der Waals surface area (Å²) in [7, 11) is 0. The molecule has 0 saturated heterocycles. The van der Waals surface area contributed by atoms with E-state index in [2.05, 4.69) is 168 Å². The summed E-state index contributed by atoms with van der Waals surface area (Å²) in [4.78, 5) is 4.36. The van der Waals surface area contributed by atoms with Crippen LogP contribution in [0.3, 0.4) is 0 Å². The number of aromatic nitrogens is 1. The van der Waals surface area contributed by atoms with Gasteiger partial charge >= 0.3 is 0 Å². The highest BCUT2D eigenvalue weighted by atomic mass is 15.0. The Labute approximate surface area is 274 Å². The van der Waals surface area contributed by atoms with E-state index in [1.54, 1.807) is 0 Å². The fraction of sp³-hybridized carbons (Fsp3) is 0.114. The second-order valence-corrected chi connectivity index (χ2v) is 11.0. The molecule has 0 N–H and O–H groups in total. The van der Waals surface area contributed by atoms with E-state index in [4.69, 9.17) is 0 Å². The van der Waals surface area contributed by atoms with Gasteiger partial charge in [-0.1, -0.05) is 134 Å². The fourth-order valence-electron chi connectivity index (χ4n) is 5.51. The molecule has 0 saturated carbocycles. The minimum Gasteiger partial charge on any atom is -0.313 e. The predicted octanol–water partition coefficient (Wildman–Crippen LogP) is 11.8. The van der Waals surface area contributed by atoms with Crippen LogP contribution >= 0.6 is 0 Å². The number of hydrogen-bond donors (Lipinski definition) is 0. The van der Waals surface area contributed by atoms with E-state index in [9.17, 15) is 0 Å². The summed E-state index contributed by atoms with van der Waals surface area (Å²) in [5.41, 5.74) is 12.0. The van der Waals surface area contributed by atoms with Crippen LogP contribution in [-0.4, -0.2) is 10.8 Å². The molecule has 46 heavy (non-hydrogen) atoms. The van der Waals surface area contributed by atoms with Gasteiger partial charge in [-0.15, -0.1) is 0 Å². The summed E-state index contributed by atoms with van der Waals surface area (Å²) in [5.74, 6) is 0. The van der Waals surface area contributed by atoms with Gasteiger partial charge < -0.3 is 4.57 Å². The lowest BCUT2D eigenvalue weighted by Gasteiger charge is -2.12. The number of nitrogens with zero attached hydrogens (tertiary/aromatic N) is 2. The quantitative estimate of drug-likeness (QED) is 0.121. The highest BCUT2D eigenvalue weighted by Crippen LogP contribution is 2.31. The second-order valence-electron chi connectivity index (χ2n) is 11.0. The Hall–Kier alpha value is -5.47. The first-order valence-electron chi connectivity index (χ1n) is 16.0. The number of hydrogen-bond acceptors (Lipinski definition) is 1. The van der Waals surface area contributed by atoms with Crippen molar-refractivity contribution in [3.8, 4) is 5.69 Å². The SMILES string of the molecule is C/C=C\C=C/CC(=C/N=C\C)/C=C/c1ccc(-n2c(/C=C\C(=C/C)c3ccccc3)cc3c2CC=CC(c2ccccc2)=C3)cc1. The van der Waals surface area contributed by atoms with Crippen molar-refractivity contribution in [1.29, 1.82) is 0 Å². The van der Waals surface area contributed by atoms with E-state index in [-0.39, 0.29) is 0 Å². The first-order valence-corrected chi connectivity index (χ1v) is 16.0. The first-order chi connectivity index (χ1) is 22.7. The molecular weight excluding hydrogens is 556 g/mol. The third-order valence-corrected chi connectivity index (χ3v) is 7.87. The van der Waals surface area contributed by atoms with Crippen LogP contribution in [0.15, 0.2) is 162 Å². The second kappa shape index (κ2) is 16.6. The van der Waals surface area contributed by atoms with E-state index in [0.717, 1.165) is 35.4 Å². The normalized spacial score (nSPS) is 14.3. The summed E-state index contributed by atoms with van der Waals surface area (Å²) in [6.45, 7) is 6.06. The van der Waals surface area contributed by atoms with E-state index in [0.29, 0.717) is 0 Å². The Balaban J connectivity index is 1.51. The molecule has 4 aromatic rings. The molecule has 2 nitrogen and oxygen atoms in total. The van der Waals surface area contributed by atoms with Gasteiger partial charge in [0.15, 0.2) is 0 Å². The average molecular weight is 599 g/mol. The molecule has 0 spiro atoms. The predicted molar refractivity (Wildman–Crippen MR) is 202 cm³/mol. The molecule has 0 atom stereocenters. The topological polar surface area (TPSA) is 17.3 Å². The lowest BCUT2D eigenvalue weighted by molar-refractivity contribution is 0.962. The molecule has 0 aliphatic heterocycles. The molecule has 1 aromatic heterocycles. The maximum Gasteiger partial charge on any atom is 0.0465 e. The van der Waals surface area contributed by atoms with Crippen molar-refractivity contribution in [1.82, 2.24) is 4.57 Å². The van der Waals surface area contributed by atoms with E-state index >= 15 is 0 Å². The summed E-state index contributed by atoms with van der Waals surface area (Å²) in [6.07, 6.45) is 31.5. The van der Waals surface area contributed by atoms with Crippen LogP contribution in [0.2, 0.25) is 0 Å². The van der Waals surface area contributed by atoms with Gasteiger partial charge in [0.25, 0.3) is 0 Å². The zero-order chi connectivity index (χ0) is 32.0. The summed E-state index contributed by atoms with van der Waals surface area (Å²) in [5, 5.41) is 0. The molecule has 1 aliphatic rings. The van der Waals surface area contributed by atoms with Gasteiger partial charge in [0.2, 0.25) is 0 Å². The average Bonchev–Trinajstić information content (AvgIpc) is 3.30. The maximum absolute atomic E-state index is 4.36. The minimum absolute atomic E-state index is 0.824. The van der Waals surface area contributed by atoms with Crippen molar-refractivity contribution in [3.05, 3.63) is 191 Å². The minimum atomic E-state index is 0.824. The van der Waals surface area contributed by atoms with E-state index in [1.807, 2.05) is 38.4 Å². The maximum atomic E-state index is 4.36. The first kappa shape index (κ1) is 31.9. The zero-order valence-corrected chi connectivity index (χ0v) is 27.1. The molecule has 0 amide bonds. The van der Waals surface area contributed by atoms with Crippen LogP contribution in [0, 0.1) is 0 Å². The van der Waals surface area contributed by atoms with E-state index < -0.39 is 0 Å². The summed E-state index contributed by atoms with van der Waals surface area (Å²) >= 11 is 0. The van der Waals surface area contributed by atoms with Crippen LogP contribution in [0.5, 0.6) is 0 Å². The highest BCUT2D eigenvalue weighted by Gasteiger charge is 2.16. The summed E-state index contributed by atoms with van der Waals surface area (Å²) in [6, 6.07) is 32.3. The van der Waals surface area contributed by atoms with Crippen molar-refractivity contribution in [2.24, 2.45) is 4.99 Å². The molecule has 0 radical (unpaired) electrons. The van der Waals surface area contributed by atoms with Crippen molar-refractivity contribution >= 4 is 35.6 Å². The molecule has 3 aromatic carbocycles. The molecule has 0 unspecified atom stereocenters. The Kier molecular flexibility index (Phi) is 11.5. The fourth-order valence-corrected chi connectivity index (χ4v) is 5.51. The van der Waals surface area contributed by atoms with Gasteiger partial charge in [-0.05, 0) is 96.5 Å². The van der Waals surface area contributed by atoms with Crippen LogP contribution in [0.25, 0.3) is 35.1 Å². The molecule has 5 rings (SSSR count). The third kappa shape index (κ3) is 8.37. The number of aliphatic imine (C=N–C) groups is 1. The molecule has 0 fully saturated rings. The van der Waals surface area contributed by atoms with Gasteiger partial charge in [0.05, 0.1) is 0 Å². The molecule has 1 heterocycles. The number of fused-ring (bicyclic) bond motifs is 1. The van der Waals surface area contributed by atoms with Crippen LogP contribution in [-0.2, 0) is 6.42 Å². The Morgan fingerprint density at radius 1 is 0.826 bits per heavy atom. The zero-order valence-electron chi connectivity index (χ0n) is 27.1. The number of rotatable bonds is 11. The smallest absolute Gasteiger partial charge is 0.0465 e. The molecular formula is C44H42N2. The molecule has 0 bridgehead atoms. The number of benzene rings is 3. The van der Waals surface area contributed by atoms with Gasteiger partial charge in [-0.3, -0.25) is 4.99 Å². The van der Waals surface area contributed by atoms with Crippen molar-refractivity contribution in [3.63, 3.8) is 0 Å². The molecule has 228 valence electrons. The van der Waals surface area contributed by atoms with E-state index in [1.165, 1.54) is 33.5 Å². The lowest BCUT2D eigenvalue weighted by atomic mass is 10.0. The largest absolute Gasteiger partial charge is 0.313 e. The lowest BCUT2D eigenvalue weighted by Crippen LogP contribution is -2.02. The van der Waals surface area contributed by atoms with Crippen molar-refractivity contribution < 1.29 is 0 Å². The molecule has 1 aliphatic carbocycles. The molecule has 2 heteroatoms. The summed E-state index contributed by atoms with van der Waals surface area (Å²) < 4.78 is 2.40. The standard InChI is InChI=1S/C44H42N2/c1-4-7-8-11-17-36(34-45-6-3)25-24-35-26-29-42(30-27-35)46-43(31-28-37(5-2)38-18-12-9-13-19-38)33-41-32-40(22-16-23-44(41)46)39-20-14-10-15-21-39/h4-16,18-22,24-34H,17,23H2,1-3H3/b7-4-,11-8-,25-24+,31-28-,36-34-,37-5+,45-6-. The van der Waals surface area contributed by atoms with Gasteiger partial charge in [0.1, 0.15) is 0 Å². The van der Waals surface area contributed by atoms with Gasteiger partial charge in [-0.25, -0.2) is 0 Å². The van der Waals surface area contributed by atoms with Crippen molar-refractivity contribution in [2.45, 2.75) is 33.6 Å². The van der Waals surface area contributed by atoms with Gasteiger partial charge in [-0.2, -0.15) is 0 Å². The Morgan fingerprint density at radius 2 is 1.59 bits per heavy atom. The van der Waals surface area contributed by atoms with Crippen molar-refractivity contribution in [2.75, 3.05) is 0 Å². The van der Waals surface area contributed by atoms with Crippen LogP contribution < -0.4 is 0 Å². The number of allylic oxidation sites excluding steroid dienone is 12. The monoisotopic (exact) mass is 598 g/mol. The van der Waals surface area contributed by atoms with Crippen LogP contribution in [0.4, 0.5) is 0 Å².